The maximum Gasteiger partial charge on any atom is 0.243 e. The van der Waals surface area contributed by atoms with Crippen LogP contribution in [0.1, 0.15) is 16.7 Å². The molecule has 31 heavy (non-hydrogen) atoms. The number of sulfonamides is 1. The van der Waals surface area contributed by atoms with E-state index in [0.717, 1.165) is 23.3 Å². The van der Waals surface area contributed by atoms with Crippen molar-refractivity contribution in [3.63, 3.8) is 0 Å². The topological polar surface area (TPSA) is 70.2 Å². The van der Waals surface area contributed by atoms with E-state index in [2.05, 4.69) is 6.07 Å². The van der Waals surface area contributed by atoms with Gasteiger partial charge in [0.2, 0.25) is 15.9 Å². The van der Waals surface area contributed by atoms with Crippen LogP contribution in [0.5, 0.6) is 5.75 Å². The summed E-state index contributed by atoms with van der Waals surface area (Å²) in [7, 11) is -1.85. The van der Waals surface area contributed by atoms with Crippen molar-refractivity contribution in [1.29, 1.82) is 0 Å². The molecule has 2 aliphatic heterocycles. The Labute approximate surface area is 184 Å². The number of aryl methyl sites for hydroxylation is 1. The quantitative estimate of drug-likeness (QED) is 0.706. The van der Waals surface area contributed by atoms with Gasteiger partial charge in [-0.1, -0.05) is 23.8 Å². The molecule has 8 heteroatoms. The van der Waals surface area contributed by atoms with E-state index < -0.39 is 10.0 Å². The van der Waals surface area contributed by atoms with Crippen LogP contribution in [0.25, 0.3) is 0 Å². The van der Waals surface area contributed by atoms with Gasteiger partial charge in [-0.2, -0.15) is 4.31 Å². The van der Waals surface area contributed by atoms with Gasteiger partial charge in [0.1, 0.15) is 5.75 Å². The SMILES string of the molecule is COc1ccc2c(c1)CN(C(=O)CN1CCN(S(=O)(=O)c3ccc(C)cc3)CC1)CC2. The van der Waals surface area contributed by atoms with Crippen LogP contribution < -0.4 is 4.74 Å². The van der Waals surface area contributed by atoms with Crippen molar-refractivity contribution < 1.29 is 17.9 Å². The summed E-state index contributed by atoms with van der Waals surface area (Å²) >= 11 is 0. The molecule has 1 saturated heterocycles. The minimum atomic E-state index is -3.49. The predicted molar refractivity (Wildman–Crippen MR) is 118 cm³/mol. The van der Waals surface area contributed by atoms with E-state index in [9.17, 15) is 13.2 Å². The Bertz CT molecular complexity index is 1040. The second-order valence-electron chi connectivity index (χ2n) is 8.19. The average molecular weight is 444 g/mol. The summed E-state index contributed by atoms with van der Waals surface area (Å²) in [5.74, 6) is 0.891. The Balaban J connectivity index is 1.32. The van der Waals surface area contributed by atoms with Gasteiger partial charge in [0, 0.05) is 39.3 Å². The number of carbonyl (C=O) groups is 1. The third-order valence-corrected chi connectivity index (χ3v) is 8.04. The highest BCUT2D eigenvalue weighted by atomic mass is 32.2. The highest BCUT2D eigenvalue weighted by Crippen LogP contribution is 2.24. The van der Waals surface area contributed by atoms with E-state index in [0.29, 0.717) is 50.7 Å². The van der Waals surface area contributed by atoms with Crippen LogP contribution in [-0.4, -0.2) is 74.8 Å². The van der Waals surface area contributed by atoms with Gasteiger partial charge in [0.05, 0.1) is 18.6 Å². The van der Waals surface area contributed by atoms with E-state index in [4.69, 9.17) is 4.74 Å². The molecule has 0 saturated carbocycles. The zero-order chi connectivity index (χ0) is 22.0. The van der Waals surface area contributed by atoms with Crippen molar-refractivity contribution >= 4 is 15.9 Å². The molecule has 1 fully saturated rings. The van der Waals surface area contributed by atoms with Crippen molar-refractivity contribution in [2.24, 2.45) is 0 Å². The van der Waals surface area contributed by atoms with Gasteiger partial charge in [-0.3, -0.25) is 9.69 Å². The van der Waals surface area contributed by atoms with Gasteiger partial charge >= 0.3 is 0 Å². The number of amides is 1. The number of hydrogen-bond acceptors (Lipinski definition) is 5. The zero-order valence-electron chi connectivity index (χ0n) is 18.1. The van der Waals surface area contributed by atoms with E-state index in [1.807, 2.05) is 41.0 Å². The Hall–Kier alpha value is -2.42. The highest BCUT2D eigenvalue weighted by Gasteiger charge is 2.30. The van der Waals surface area contributed by atoms with E-state index in [-0.39, 0.29) is 5.91 Å². The molecule has 0 aromatic heterocycles. The van der Waals surface area contributed by atoms with E-state index in [1.54, 1.807) is 19.2 Å². The first kappa shape index (κ1) is 21.8. The van der Waals surface area contributed by atoms with Gasteiger partial charge in [-0.05, 0) is 48.7 Å². The highest BCUT2D eigenvalue weighted by molar-refractivity contribution is 7.89. The number of ether oxygens (including phenoxy) is 1. The fourth-order valence-corrected chi connectivity index (χ4v) is 5.57. The molecule has 0 atom stereocenters. The second kappa shape index (κ2) is 8.98. The Kier molecular flexibility index (Phi) is 6.31. The van der Waals surface area contributed by atoms with Crippen molar-refractivity contribution in [3.05, 3.63) is 59.2 Å². The summed E-state index contributed by atoms with van der Waals surface area (Å²) in [5, 5.41) is 0. The fourth-order valence-electron chi connectivity index (χ4n) is 4.15. The maximum absolute atomic E-state index is 12.9. The minimum Gasteiger partial charge on any atom is -0.497 e. The van der Waals surface area contributed by atoms with E-state index in [1.165, 1.54) is 9.87 Å². The third-order valence-electron chi connectivity index (χ3n) is 6.13. The molecule has 166 valence electrons. The van der Waals surface area contributed by atoms with Crippen LogP contribution in [0.3, 0.4) is 0 Å². The van der Waals surface area contributed by atoms with Gasteiger partial charge in [0.25, 0.3) is 0 Å². The predicted octanol–water partition coefficient (Wildman–Crippen LogP) is 1.89. The summed E-state index contributed by atoms with van der Waals surface area (Å²) in [5.41, 5.74) is 3.42. The number of hydrogen-bond donors (Lipinski definition) is 0. The number of nitrogens with zero attached hydrogens (tertiary/aromatic N) is 3. The van der Waals surface area contributed by atoms with E-state index >= 15 is 0 Å². The number of carbonyl (C=O) groups excluding carboxylic acids is 1. The van der Waals surface area contributed by atoms with Gasteiger partial charge in [-0.15, -0.1) is 0 Å². The summed E-state index contributed by atoms with van der Waals surface area (Å²) in [6.07, 6.45) is 0.841. The lowest BCUT2D eigenvalue weighted by molar-refractivity contribution is -0.133. The molecular formula is C23H29N3O4S. The van der Waals surface area contributed by atoms with Crippen LogP contribution in [0, 0.1) is 6.92 Å². The first-order chi connectivity index (χ1) is 14.9. The van der Waals surface area contributed by atoms with Crippen molar-refractivity contribution in [2.45, 2.75) is 24.8 Å². The van der Waals surface area contributed by atoms with Crippen molar-refractivity contribution in [1.82, 2.24) is 14.1 Å². The van der Waals surface area contributed by atoms with Gasteiger partial charge in [-0.25, -0.2) is 8.42 Å². The first-order valence-corrected chi connectivity index (χ1v) is 12.0. The van der Waals surface area contributed by atoms with Crippen LogP contribution in [0.2, 0.25) is 0 Å². The molecule has 4 rings (SSSR count). The lowest BCUT2D eigenvalue weighted by Crippen LogP contribution is -2.51. The summed E-state index contributed by atoms with van der Waals surface area (Å²) in [4.78, 5) is 17.1. The minimum absolute atomic E-state index is 0.0864. The first-order valence-electron chi connectivity index (χ1n) is 10.6. The molecule has 2 heterocycles. The molecule has 2 aromatic rings. The third kappa shape index (κ3) is 4.76. The van der Waals surface area contributed by atoms with Crippen LogP contribution in [0.15, 0.2) is 47.4 Å². The van der Waals surface area contributed by atoms with Gasteiger partial charge in [0.15, 0.2) is 0 Å². The maximum atomic E-state index is 12.9. The zero-order valence-corrected chi connectivity index (χ0v) is 18.9. The monoisotopic (exact) mass is 443 g/mol. The summed E-state index contributed by atoms with van der Waals surface area (Å²) in [6.45, 7) is 5.44. The number of methoxy groups -OCH3 is 1. The summed E-state index contributed by atoms with van der Waals surface area (Å²) in [6, 6.07) is 13.0. The van der Waals surface area contributed by atoms with Gasteiger partial charge < -0.3 is 9.64 Å². The lowest BCUT2D eigenvalue weighted by atomic mass is 9.99. The molecule has 1 amide bonds. The number of fused-ring (bicyclic) bond motifs is 1. The molecule has 0 bridgehead atoms. The van der Waals surface area contributed by atoms with Crippen LogP contribution >= 0.6 is 0 Å². The number of piperazine rings is 1. The molecular weight excluding hydrogens is 414 g/mol. The summed E-state index contributed by atoms with van der Waals surface area (Å²) < 4.78 is 32.6. The van der Waals surface area contributed by atoms with Crippen LogP contribution in [0.4, 0.5) is 0 Å². The smallest absolute Gasteiger partial charge is 0.243 e. The molecule has 7 nitrogen and oxygen atoms in total. The lowest BCUT2D eigenvalue weighted by Gasteiger charge is -2.35. The molecule has 2 aromatic carbocycles. The standard InChI is InChI=1S/C23H29N3O4S/c1-18-3-7-22(8-4-18)31(28,29)26-13-11-24(12-14-26)17-23(27)25-10-9-19-5-6-21(30-2)15-20(19)16-25/h3-8,15H,9-14,16-17H2,1-2H3. The Morgan fingerprint density at radius 2 is 1.68 bits per heavy atom. The molecule has 0 unspecified atom stereocenters. The van der Waals surface area contributed by atoms with Crippen molar-refractivity contribution in [2.75, 3.05) is 46.4 Å². The molecule has 0 spiro atoms. The molecule has 0 aliphatic carbocycles. The Morgan fingerprint density at radius 3 is 2.35 bits per heavy atom. The van der Waals surface area contributed by atoms with Crippen LogP contribution in [-0.2, 0) is 27.8 Å². The number of rotatable bonds is 5. The number of benzene rings is 2. The Morgan fingerprint density at radius 1 is 0.968 bits per heavy atom. The molecule has 2 aliphatic rings. The fraction of sp³-hybridized carbons (Fsp3) is 0.435. The van der Waals surface area contributed by atoms with Crippen molar-refractivity contribution in [3.8, 4) is 5.75 Å². The molecule has 0 N–H and O–H groups in total. The normalized spacial score (nSPS) is 17.9. The average Bonchev–Trinajstić information content (AvgIpc) is 2.79. The largest absolute Gasteiger partial charge is 0.497 e. The molecule has 0 radical (unpaired) electrons. The second-order valence-corrected chi connectivity index (χ2v) is 10.1.